The molecular weight excluding hydrogens is 459 g/mol. The molecule has 0 bridgehead atoms. The second-order valence-electron chi connectivity index (χ2n) is 10.6. The maximum atomic E-state index is 11.5. The van der Waals surface area contributed by atoms with Gasteiger partial charge in [-0.25, -0.2) is 0 Å². The van der Waals surface area contributed by atoms with Crippen molar-refractivity contribution in [3.8, 4) is 0 Å². The van der Waals surface area contributed by atoms with Crippen LogP contribution in [0.4, 0.5) is 0 Å². The van der Waals surface area contributed by atoms with Crippen LogP contribution in [0.1, 0.15) is 149 Å². The largest absolute Gasteiger partial charge is 0.381 e. The molecule has 0 radical (unpaired) electrons. The van der Waals surface area contributed by atoms with E-state index >= 15 is 0 Å². The summed E-state index contributed by atoms with van der Waals surface area (Å²) in [5, 5.41) is 0. The molecule has 0 aliphatic carbocycles. The van der Waals surface area contributed by atoms with Crippen LogP contribution in [0.3, 0.4) is 0 Å². The highest BCUT2D eigenvalue weighted by atomic mass is 31.2. The van der Waals surface area contributed by atoms with Crippen LogP contribution in [0.2, 0.25) is 0 Å². The number of hydrogen-bond acceptors (Lipinski definition) is 3. The van der Waals surface area contributed by atoms with Crippen LogP contribution in [-0.4, -0.2) is 42.4 Å². The smallest absolute Gasteiger partial charge is 0.325 e. The topological polar surface area (TPSA) is 76.0 Å². The minimum absolute atomic E-state index is 0.105. The van der Waals surface area contributed by atoms with E-state index in [4.69, 9.17) is 9.47 Å². The summed E-state index contributed by atoms with van der Waals surface area (Å²) in [6, 6.07) is 0. The fraction of sp³-hybridized carbons (Fsp3) is 1.00. The predicted molar refractivity (Wildman–Crippen MR) is 150 cm³/mol. The minimum Gasteiger partial charge on any atom is -0.381 e. The fourth-order valence-electron chi connectivity index (χ4n) is 4.55. The number of unbranched alkanes of at least 4 members (excludes halogenated alkanes) is 18. The lowest BCUT2D eigenvalue weighted by Crippen LogP contribution is -2.17. The lowest BCUT2D eigenvalue weighted by atomic mass is 10.1. The van der Waals surface area contributed by atoms with E-state index in [0.717, 1.165) is 19.4 Å². The summed E-state index contributed by atoms with van der Waals surface area (Å²) in [5.41, 5.74) is 0. The van der Waals surface area contributed by atoms with E-state index in [9.17, 15) is 14.4 Å². The normalized spacial score (nSPS) is 12.9. The molecule has 0 spiro atoms. The molecular formula is C29H61O5P. The number of rotatable bonds is 29. The van der Waals surface area contributed by atoms with Crippen molar-refractivity contribution in [2.45, 2.75) is 149 Å². The Bertz CT molecular complexity index is 454. The zero-order valence-electron chi connectivity index (χ0n) is 23.5. The third kappa shape index (κ3) is 30.2. The van der Waals surface area contributed by atoms with Gasteiger partial charge in [0.2, 0.25) is 0 Å². The Morgan fingerprint density at radius 1 is 0.543 bits per heavy atom. The van der Waals surface area contributed by atoms with Crippen molar-refractivity contribution in [3.63, 3.8) is 0 Å². The Kier molecular flexibility index (Phi) is 27.2. The molecule has 0 rings (SSSR count). The molecule has 0 aromatic carbocycles. The van der Waals surface area contributed by atoms with Gasteiger partial charge in [0.1, 0.15) is 0 Å². The molecule has 0 fully saturated rings. The van der Waals surface area contributed by atoms with E-state index in [1.165, 1.54) is 116 Å². The van der Waals surface area contributed by atoms with Crippen LogP contribution >= 0.6 is 7.60 Å². The highest BCUT2D eigenvalue weighted by Gasteiger charge is 2.21. The molecule has 0 saturated carbocycles. The minimum atomic E-state index is -4.03. The highest BCUT2D eigenvalue weighted by Crippen LogP contribution is 2.37. The molecule has 1 atom stereocenters. The maximum absolute atomic E-state index is 11.5. The standard InChI is InChI=1S/C29H61O5P/c1-3-5-7-9-11-13-15-17-19-21-24-33-26-23-29(28-35(30,31)32)27-34-25-22-20-18-16-14-12-10-8-6-4-2/h29H,3-28H2,1-2H3,(H2,30,31,32). The fourth-order valence-corrected chi connectivity index (χ4v) is 5.51. The van der Waals surface area contributed by atoms with Crippen LogP contribution in [0.15, 0.2) is 0 Å². The molecule has 2 N–H and O–H groups in total. The molecule has 1 unspecified atom stereocenters. The second kappa shape index (κ2) is 27.1. The molecule has 0 aromatic heterocycles. The Morgan fingerprint density at radius 3 is 1.31 bits per heavy atom. The van der Waals surface area contributed by atoms with Gasteiger partial charge in [-0.15, -0.1) is 0 Å². The summed E-state index contributed by atoms with van der Waals surface area (Å²) in [6.07, 6.45) is 26.5. The van der Waals surface area contributed by atoms with Gasteiger partial charge < -0.3 is 19.3 Å². The van der Waals surface area contributed by atoms with Gasteiger partial charge in [-0.1, -0.05) is 129 Å². The van der Waals surface area contributed by atoms with E-state index in [2.05, 4.69) is 13.8 Å². The van der Waals surface area contributed by atoms with E-state index in [1.54, 1.807) is 0 Å². The summed E-state index contributed by atoms with van der Waals surface area (Å²) in [4.78, 5) is 18.8. The Morgan fingerprint density at radius 2 is 0.914 bits per heavy atom. The van der Waals surface area contributed by atoms with Gasteiger partial charge in [-0.05, 0) is 25.2 Å². The van der Waals surface area contributed by atoms with Gasteiger partial charge in [0.05, 0.1) is 12.8 Å². The van der Waals surface area contributed by atoms with E-state index in [1.807, 2.05) is 0 Å². The summed E-state index contributed by atoms with van der Waals surface area (Å²) in [7, 11) is -4.03. The van der Waals surface area contributed by atoms with Crippen LogP contribution < -0.4 is 0 Å². The molecule has 6 heteroatoms. The lowest BCUT2D eigenvalue weighted by molar-refractivity contribution is 0.0721. The summed E-state index contributed by atoms with van der Waals surface area (Å²) in [5.74, 6) is -0.133. The van der Waals surface area contributed by atoms with E-state index in [0.29, 0.717) is 26.2 Å². The van der Waals surface area contributed by atoms with E-state index < -0.39 is 7.60 Å². The Hall–Kier alpha value is 0.0700. The second-order valence-corrected chi connectivity index (χ2v) is 12.2. The Balaban J connectivity index is 3.64. The summed E-state index contributed by atoms with van der Waals surface area (Å²) < 4.78 is 23.0. The molecule has 212 valence electrons. The lowest BCUT2D eigenvalue weighted by Gasteiger charge is -2.18. The molecule has 0 saturated heterocycles. The first kappa shape index (κ1) is 35.1. The SMILES string of the molecule is CCCCCCCCCCCCOCCC(COCCCCCCCCCCCC)CP(=O)(O)O. The third-order valence-electron chi connectivity index (χ3n) is 6.80. The number of hydrogen-bond donors (Lipinski definition) is 2. The van der Waals surface area contributed by atoms with Gasteiger partial charge in [-0.3, -0.25) is 4.57 Å². The van der Waals surface area contributed by atoms with E-state index in [-0.39, 0.29) is 12.1 Å². The predicted octanol–water partition coefficient (Wildman–Crippen LogP) is 9.05. The highest BCUT2D eigenvalue weighted by molar-refractivity contribution is 7.51. The molecule has 0 aliphatic heterocycles. The third-order valence-corrected chi connectivity index (χ3v) is 7.80. The zero-order valence-corrected chi connectivity index (χ0v) is 24.4. The average molecular weight is 521 g/mol. The van der Waals surface area contributed by atoms with Crippen molar-refractivity contribution in [1.82, 2.24) is 0 Å². The van der Waals surface area contributed by atoms with Gasteiger partial charge in [0.25, 0.3) is 0 Å². The monoisotopic (exact) mass is 520 g/mol. The summed E-state index contributed by atoms with van der Waals surface area (Å²) >= 11 is 0. The van der Waals surface area contributed by atoms with Crippen molar-refractivity contribution in [3.05, 3.63) is 0 Å². The molecule has 0 heterocycles. The molecule has 0 aliphatic rings. The van der Waals surface area contributed by atoms with Gasteiger partial charge in [0.15, 0.2) is 0 Å². The first-order valence-corrected chi connectivity index (χ1v) is 17.0. The van der Waals surface area contributed by atoms with Crippen molar-refractivity contribution < 1.29 is 23.8 Å². The molecule has 35 heavy (non-hydrogen) atoms. The molecule has 5 nitrogen and oxygen atoms in total. The maximum Gasteiger partial charge on any atom is 0.325 e. The Labute approximate surface area is 218 Å². The number of ether oxygens (including phenoxy) is 2. The molecule has 0 amide bonds. The van der Waals surface area contributed by atoms with Gasteiger partial charge >= 0.3 is 7.60 Å². The van der Waals surface area contributed by atoms with Gasteiger partial charge in [-0.2, -0.15) is 0 Å². The van der Waals surface area contributed by atoms with Crippen LogP contribution in [0, 0.1) is 5.92 Å². The van der Waals surface area contributed by atoms with Crippen LogP contribution in [0.5, 0.6) is 0 Å². The van der Waals surface area contributed by atoms with Crippen molar-refractivity contribution in [1.29, 1.82) is 0 Å². The average Bonchev–Trinajstić information content (AvgIpc) is 2.81. The zero-order chi connectivity index (χ0) is 25.9. The quantitative estimate of drug-likeness (QED) is 0.0760. The van der Waals surface area contributed by atoms with Crippen LogP contribution in [0.25, 0.3) is 0 Å². The summed E-state index contributed by atoms with van der Waals surface area (Å²) in [6.45, 7) is 6.93. The van der Waals surface area contributed by atoms with Crippen LogP contribution in [-0.2, 0) is 14.0 Å². The van der Waals surface area contributed by atoms with Crippen molar-refractivity contribution in [2.24, 2.45) is 5.92 Å². The van der Waals surface area contributed by atoms with Crippen molar-refractivity contribution in [2.75, 3.05) is 32.6 Å². The van der Waals surface area contributed by atoms with Gasteiger partial charge in [0, 0.05) is 19.8 Å². The molecule has 0 aromatic rings. The first-order valence-electron chi connectivity index (χ1n) is 15.2. The first-order chi connectivity index (χ1) is 17.0. The van der Waals surface area contributed by atoms with Crippen molar-refractivity contribution >= 4 is 7.60 Å².